The number of carbonyl (C=O) groups is 3. The Morgan fingerprint density at radius 1 is 1.26 bits per heavy atom. The summed E-state index contributed by atoms with van der Waals surface area (Å²) in [6, 6.07) is -2.23. The van der Waals surface area contributed by atoms with Gasteiger partial charge in [-0.05, 0) is 34.1 Å². The van der Waals surface area contributed by atoms with Gasteiger partial charge in [0.15, 0.2) is 0 Å². The third-order valence-corrected chi connectivity index (χ3v) is 2.64. The summed E-state index contributed by atoms with van der Waals surface area (Å²) in [6.45, 7) is 9.83. The number of ether oxygens (including phenoxy) is 2. The third-order valence-electron chi connectivity index (χ3n) is 2.64. The Bertz CT molecular complexity index is 442. The molecule has 0 aromatic heterocycles. The summed E-state index contributed by atoms with van der Waals surface area (Å²) < 4.78 is 9.62. The van der Waals surface area contributed by atoms with E-state index in [0.29, 0.717) is 0 Å². The van der Waals surface area contributed by atoms with Gasteiger partial charge in [-0.25, -0.2) is 9.59 Å². The second kappa shape index (κ2) is 9.14. The van der Waals surface area contributed by atoms with Crippen molar-refractivity contribution in [2.75, 3.05) is 7.11 Å². The molecule has 132 valence electrons. The number of carbonyl (C=O) groups excluding carboxylic acids is 3. The molecular formula is C15H26N2O6. The van der Waals surface area contributed by atoms with Gasteiger partial charge in [0.05, 0.1) is 13.2 Å². The normalized spacial score (nSPS) is 14.9. The van der Waals surface area contributed by atoms with Crippen molar-refractivity contribution in [3.05, 3.63) is 12.7 Å². The molecule has 0 aliphatic heterocycles. The molecule has 0 unspecified atom stereocenters. The first kappa shape index (κ1) is 20.9. The summed E-state index contributed by atoms with van der Waals surface area (Å²) in [5.74, 6) is -1.39. The Balaban J connectivity index is 4.94. The number of hydrogen-bond acceptors (Lipinski definition) is 6. The molecule has 0 heterocycles. The predicted molar refractivity (Wildman–Crippen MR) is 83.6 cm³/mol. The monoisotopic (exact) mass is 330 g/mol. The number of alkyl carbamates (subject to hydrolysis) is 1. The molecule has 8 nitrogen and oxygen atoms in total. The second-order valence-electron chi connectivity index (χ2n) is 5.97. The van der Waals surface area contributed by atoms with Gasteiger partial charge in [0.2, 0.25) is 5.91 Å². The minimum Gasteiger partial charge on any atom is -0.467 e. The fourth-order valence-electron chi connectivity index (χ4n) is 1.62. The van der Waals surface area contributed by atoms with Gasteiger partial charge >= 0.3 is 12.1 Å². The molecule has 0 aliphatic rings. The zero-order chi connectivity index (χ0) is 18.2. The van der Waals surface area contributed by atoms with Crippen LogP contribution in [0.5, 0.6) is 0 Å². The molecule has 0 saturated heterocycles. The molecule has 0 bridgehead atoms. The summed E-state index contributed by atoms with van der Waals surface area (Å²) in [5.41, 5.74) is -0.749. The van der Waals surface area contributed by atoms with Crippen molar-refractivity contribution in [3.8, 4) is 0 Å². The third kappa shape index (κ3) is 8.20. The van der Waals surface area contributed by atoms with Crippen LogP contribution in [0.1, 0.15) is 34.1 Å². The van der Waals surface area contributed by atoms with Crippen molar-refractivity contribution < 1.29 is 29.0 Å². The maximum absolute atomic E-state index is 12.2. The fraction of sp³-hybridized carbons (Fsp3) is 0.667. The first-order valence-corrected chi connectivity index (χ1v) is 7.18. The number of methoxy groups -OCH3 is 1. The summed E-state index contributed by atoms with van der Waals surface area (Å²) in [7, 11) is 1.19. The minimum atomic E-state index is -1.28. The average molecular weight is 330 g/mol. The molecule has 2 amide bonds. The Hall–Kier alpha value is -2.09. The lowest BCUT2D eigenvalue weighted by molar-refractivity contribution is -0.145. The van der Waals surface area contributed by atoms with Crippen LogP contribution in [0.2, 0.25) is 0 Å². The van der Waals surface area contributed by atoms with E-state index in [2.05, 4.69) is 21.9 Å². The maximum Gasteiger partial charge on any atom is 0.408 e. The molecule has 0 radical (unpaired) electrons. The lowest BCUT2D eigenvalue weighted by Crippen LogP contribution is -2.56. The SMILES string of the molecule is C=CC[C@H](NC(=O)[C@H](NC(=O)OC(C)(C)C)[C@@H](C)O)C(=O)OC. The highest BCUT2D eigenvalue weighted by Gasteiger charge is 2.31. The van der Waals surface area contributed by atoms with Crippen molar-refractivity contribution in [1.82, 2.24) is 10.6 Å². The van der Waals surface area contributed by atoms with Crippen LogP contribution >= 0.6 is 0 Å². The van der Waals surface area contributed by atoms with E-state index in [0.717, 1.165) is 0 Å². The van der Waals surface area contributed by atoms with Gasteiger partial charge in [-0.15, -0.1) is 6.58 Å². The Morgan fingerprint density at radius 2 is 1.83 bits per heavy atom. The molecule has 0 saturated carbocycles. The van der Waals surface area contributed by atoms with Gasteiger partial charge in [-0.1, -0.05) is 6.08 Å². The standard InChI is InChI=1S/C15H26N2O6/c1-7-8-10(13(20)22-6)16-12(19)11(9(2)18)17-14(21)23-15(3,4)5/h7,9-11,18H,1,8H2,2-6H3,(H,16,19)(H,17,21)/t9-,10+,11-/m1/s1. The lowest BCUT2D eigenvalue weighted by atomic mass is 10.1. The Kier molecular flexibility index (Phi) is 8.31. The molecule has 0 fully saturated rings. The number of aliphatic hydroxyl groups is 1. The van der Waals surface area contributed by atoms with Crippen LogP contribution in [0.3, 0.4) is 0 Å². The van der Waals surface area contributed by atoms with Gasteiger partial charge in [-0.2, -0.15) is 0 Å². The van der Waals surface area contributed by atoms with Crippen molar-refractivity contribution in [2.24, 2.45) is 0 Å². The number of amides is 2. The summed E-state index contributed by atoms with van der Waals surface area (Å²) in [6.07, 6.45) is -0.445. The van der Waals surface area contributed by atoms with E-state index in [9.17, 15) is 19.5 Å². The number of nitrogens with one attached hydrogen (secondary N) is 2. The van der Waals surface area contributed by atoms with Crippen molar-refractivity contribution >= 4 is 18.0 Å². The van der Waals surface area contributed by atoms with E-state index >= 15 is 0 Å². The van der Waals surface area contributed by atoms with Crippen molar-refractivity contribution in [1.29, 1.82) is 0 Å². The largest absolute Gasteiger partial charge is 0.467 e. The van der Waals surface area contributed by atoms with Crippen LogP contribution in [-0.4, -0.2) is 54.0 Å². The van der Waals surface area contributed by atoms with Crippen LogP contribution in [0.15, 0.2) is 12.7 Å². The fourth-order valence-corrected chi connectivity index (χ4v) is 1.62. The summed E-state index contributed by atoms with van der Waals surface area (Å²) >= 11 is 0. The Morgan fingerprint density at radius 3 is 2.22 bits per heavy atom. The van der Waals surface area contributed by atoms with Crippen LogP contribution in [0, 0.1) is 0 Å². The number of aliphatic hydroxyl groups excluding tert-OH is 1. The van der Waals surface area contributed by atoms with Crippen LogP contribution in [-0.2, 0) is 19.1 Å². The van der Waals surface area contributed by atoms with E-state index in [4.69, 9.17) is 4.74 Å². The van der Waals surface area contributed by atoms with Gasteiger partial charge in [0, 0.05) is 0 Å². The van der Waals surface area contributed by atoms with E-state index in [1.54, 1.807) is 20.8 Å². The highest BCUT2D eigenvalue weighted by molar-refractivity contribution is 5.90. The molecule has 0 aromatic rings. The highest BCUT2D eigenvalue weighted by atomic mass is 16.6. The van der Waals surface area contributed by atoms with Crippen molar-refractivity contribution in [2.45, 2.75) is 57.9 Å². The molecular weight excluding hydrogens is 304 g/mol. The zero-order valence-electron chi connectivity index (χ0n) is 14.2. The zero-order valence-corrected chi connectivity index (χ0v) is 14.2. The molecule has 23 heavy (non-hydrogen) atoms. The molecule has 8 heteroatoms. The summed E-state index contributed by atoms with van der Waals surface area (Å²) in [5, 5.41) is 14.4. The quantitative estimate of drug-likeness (QED) is 0.462. The highest BCUT2D eigenvalue weighted by Crippen LogP contribution is 2.07. The predicted octanol–water partition coefficient (Wildman–Crippen LogP) is 0.494. The molecule has 3 atom stereocenters. The van der Waals surface area contributed by atoms with Crippen LogP contribution in [0.4, 0.5) is 4.79 Å². The minimum absolute atomic E-state index is 0.150. The Labute approximate surface area is 136 Å². The van der Waals surface area contributed by atoms with Gasteiger partial charge in [-0.3, -0.25) is 4.79 Å². The molecule has 0 aromatic carbocycles. The molecule has 0 rings (SSSR count). The van der Waals surface area contributed by atoms with Crippen molar-refractivity contribution in [3.63, 3.8) is 0 Å². The molecule has 0 aliphatic carbocycles. The van der Waals surface area contributed by atoms with E-state index in [1.165, 1.54) is 20.1 Å². The molecule has 3 N–H and O–H groups in total. The topological polar surface area (TPSA) is 114 Å². The number of rotatable bonds is 7. The van der Waals surface area contributed by atoms with Crippen LogP contribution < -0.4 is 10.6 Å². The average Bonchev–Trinajstić information content (AvgIpc) is 2.41. The van der Waals surface area contributed by atoms with Gasteiger partial charge < -0.3 is 25.2 Å². The van der Waals surface area contributed by atoms with E-state index < -0.39 is 41.8 Å². The van der Waals surface area contributed by atoms with E-state index in [-0.39, 0.29) is 6.42 Å². The maximum atomic E-state index is 12.2. The second-order valence-corrected chi connectivity index (χ2v) is 5.97. The lowest BCUT2D eigenvalue weighted by Gasteiger charge is -2.25. The van der Waals surface area contributed by atoms with Gasteiger partial charge in [0.25, 0.3) is 0 Å². The number of esters is 1. The smallest absolute Gasteiger partial charge is 0.408 e. The van der Waals surface area contributed by atoms with E-state index in [1.807, 2.05) is 0 Å². The first-order valence-electron chi connectivity index (χ1n) is 7.18. The molecule has 0 spiro atoms. The number of hydrogen-bond donors (Lipinski definition) is 3. The van der Waals surface area contributed by atoms with Crippen LogP contribution in [0.25, 0.3) is 0 Å². The summed E-state index contributed by atoms with van der Waals surface area (Å²) in [4.78, 5) is 35.5. The first-order chi connectivity index (χ1) is 10.5. The van der Waals surface area contributed by atoms with Gasteiger partial charge in [0.1, 0.15) is 17.7 Å².